The van der Waals surface area contributed by atoms with Crippen molar-refractivity contribution < 1.29 is 19.1 Å². The molecular formula is C29H28BrNO4S. The third-order valence-electron chi connectivity index (χ3n) is 5.66. The van der Waals surface area contributed by atoms with Gasteiger partial charge in [0.05, 0.1) is 11.4 Å². The van der Waals surface area contributed by atoms with Crippen molar-refractivity contribution in [3.8, 4) is 11.5 Å². The van der Waals surface area contributed by atoms with E-state index >= 15 is 0 Å². The molecule has 0 saturated carbocycles. The highest BCUT2D eigenvalue weighted by Crippen LogP contribution is 2.35. The highest BCUT2D eigenvalue weighted by Gasteiger charge is 2.35. The molecule has 0 radical (unpaired) electrons. The molecule has 0 aliphatic carbocycles. The number of amides is 2. The van der Waals surface area contributed by atoms with Crippen molar-refractivity contribution in [2.75, 3.05) is 13.2 Å². The van der Waals surface area contributed by atoms with E-state index in [0.29, 0.717) is 23.9 Å². The van der Waals surface area contributed by atoms with Crippen LogP contribution in [0.2, 0.25) is 0 Å². The van der Waals surface area contributed by atoms with E-state index in [-0.39, 0.29) is 23.1 Å². The zero-order valence-electron chi connectivity index (χ0n) is 20.5. The fourth-order valence-corrected chi connectivity index (χ4v) is 4.74. The molecule has 1 fully saturated rings. The Labute approximate surface area is 224 Å². The van der Waals surface area contributed by atoms with Crippen LogP contribution in [-0.2, 0) is 16.8 Å². The number of thioether (sulfide) groups is 1. The summed E-state index contributed by atoms with van der Waals surface area (Å²) in [5.41, 5.74) is 2.97. The summed E-state index contributed by atoms with van der Waals surface area (Å²) < 4.78 is 12.7. The van der Waals surface area contributed by atoms with Gasteiger partial charge >= 0.3 is 0 Å². The van der Waals surface area contributed by atoms with Gasteiger partial charge in [0.1, 0.15) is 24.7 Å². The lowest BCUT2D eigenvalue weighted by Gasteiger charge is -2.19. The molecule has 3 aromatic rings. The number of imide groups is 1. The van der Waals surface area contributed by atoms with Crippen molar-refractivity contribution in [2.24, 2.45) is 0 Å². The first kappa shape index (κ1) is 26.0. The van der Waals surface area contributed by atoms with Crippen molar-refractivity contribution in [2.45, 2.75) is 32.7 Å². The number of ether oxygens (including phenoxy) is 2. The van der Waals surface area contributed by atoms with E-state index in [1.54, 1.807) is 6.08 Å². The Morgan fingerprint density at radius 2 is 1.56 bits per heavy atom. The van der Waals surface area contributed by atoms with Crippen LogP contribution in [0, 0.1) is 0 Å². The fourth-order valence-electron chi connectivity index (χ4n) is 3.64. The molecule has 3 aromatic carbocycles. The van der Waals surface area contributed by atoms with Gasteiger partial charge in [-0.2, -0.15) is 0 Å². The molecule has 0 bridgehead atoms. The van der Waals surface area contributed by atoms with Crippen LogP contribution in [-0.4, -0.2) is 29.3 Å². The number of carbonyl (C=O) groups is 2. The van der Waals surface area contributed by atoms with Crippen molar-refractivity contribution in [1.29, 1.82) is 0 Å². The minimum Gasteiger partial charge on any atom is -0.490 e. The molecule has 1 aliphatic rings. The molecule has 2 amide bonds. The fraction of sp³-hybridized carbons (Fsp3) is 0.241. The zero-order chi connectivity index (χ0) is 25.7. The van der Waals surface area contributed by atoms with Gasteiger partial charge in [-0.1, -0.05) is 79.2 Å². The summed E-state index contributed by atoms with van der Waals surface area (Å²) in [6.07, 6.45) is 1.72. The van der Waals surface area contributed by atoms with E-state index in [9.17, 15) is 9.59 Å². The van der Waals surface area contributed by atoms with E-state index in [0.717, 1.165) is 33.1 Å². The minimum atomic E-state index is -0.301. The Morgan fingerprint density at radius 1 is 0.889 bits per heavy atom. The lowest BCUT2D eigenvalue weighted by atomic mass is 9.87. The molecule has 0 aromatic heterocycles. The molecule has 4 rings (SSSR count). The van der Waals surface area contributed by atoms with Gasteiger partial charge in [-0.15, -0.1) is 0 Å². The first-order valence-corrected chi connectivity index (χ1v) is 13.3. The average molecular weight is 567 g/mol. The molecule has 7 heteroatoms. The van der Waals surface area contributed by atoms with Gasteiger partial charge in [0, 0.05) is 10.0 Å². The van der Waals surface area contributed by atoms with Gasteiger partial charge in [-0.3, -0.25) is 14.5 Å². The number of halogens is 1. The highest BCUT2D eigenvalue weighted by molar-refractivity contribution is 9.10. The van der Waals surface area contributed by atoms with Crippen LogP contribution >= 0.6 is 27.7 Å². The van der Waals surface area contributed by atoms with Gasteiger partial charge in [0.15, 0.2) is 0 Å². The second-order valence-corrected chi connectivity index (χ2v) is 11.3. The van der Waals surface area contributed by atoms with Crippen LogP contribution in [0.5, 0.6) is 11.5 Å². The minimum absolute atomic E-state index is 0.0967. The first-order chi connectivity index (χ1) is 17.2. The van der Waals surface area contributed by atoms with Gasteiger partial charge in [-0.05, 0) is 64.7 Å². The second kappa shape index (κ2) is 11.4. The van der Waals surface area contributed by atoms with Crippen LogP contribution < -0.4 is 9.47 Å². The number of benzene rings is 3. The van der Waals surface area contributed by atoms with Gasteiger partial charge < -0.3 is 9.47 Å². The van der Waals surface area contributed by atoms with E-state index < -0.39 is 0 Å². The number of hydrogen-bond acceptors (Lipinski definition) is 5. The Kier molecular flexibility index (Phi) is 8.21. The quantitative estimate of drug-likeness (QED) is 0.210. The maximum Gasteiger partial charge on any atom is 0.293 e. The molecule has 36 heavy (non-hydrogen) atoms. The predicted octanol–water partition coefficient (Wildman–Crippen LogP) is 7.44. The zero-order valence-corrected chi connectivity index (χ0v) is 22.9. The lowest BCUT2D eigenvalue weighted by Crippen LogP contribution is -2.27. The van der Waals surface area contributed by atoms with E-state index in [2.05, 4.69) is 48.8 Å². The summed E-state index contributed by atoms with van der Waals surface area (Å²) in [4.78, 5) is 27.1. The van der Waals surface area contributed by atoms with Gasteiger partial charge in [-0.25, -0.2) is 0 Å². The van der Waals surface area contributed by atoms with Crippen molar-refractivity contribution in [3.63, 3.8) is 0 Å². The molecule has 0 unspecified atom stereocenters. The standard InChI is InChI=1S/C29H28BrNO4S/c1-29(2,3)22-10-14-24(15-11-22)34-16-17-35-25-7-5-4-6-21(25)18-26-27(32)31(28(33)36-26)19-20-8-12-23(30)13-9-20/h4-15,18H,16-17,19H2,1-3H3/b26-18-. The van der Waals surface area contributed by atoms with Crippen LogP contribution in [0.3, 0.4) is 0 Å². The molecule has 0 N–H and O–H groups in total. The number of para-hydroxylation sites is 1. The Hall–Kier alpha value is -3.03. The molecule has 0 spiro atoms. The number of hydrogen-bond donors (Lipinski definition) is 0. The molecule has 1 aliphatic heterocycles. The van der Waals surface area contributed by atoms with Crippen LogP contribution in [0.25, 0.3) is 6.08 Å². The summed E-state index contributed by atoms with van der Waals surface area (Å²) >= 11 is 4.34. The molecule has 0 atom stereocenters. The summed E-state index contributed by atoms with van der Waals surface area (Å²) in [6.45, 7) is 7.50. The summed E-state index contributed by atoms with van der Waals surface area (Å²) in [7, 11) is 0. The largest absolute Gasteiger partial charge is 0.490 e. The topological polar surface area (TPSA) is 55.8 Å². The number of rotatable bonds is 8. The van der Waals surface area contributed by atoms with E-state index in [1.165, 1.54) is 10.5 Å². The Bertz CT molecular complexity index is 1260. The number of carbonyl (C=O) groups excluding carboxylic acids is 2. The maximum atomic E-state index is 13.0. The highest BCUT2D eigenvalue weighted by atomic mass is 79.9. The molecule has 1 heterocycles. The normalized spacial score (nSPS) is 15.0. The van der Waals surface area contributed by atoms with E-state index in [4.69, 9.17) is 9.47 Å². The molecule has 1 saturated heterocycles. The third kappa shape index (κ3) is 6.59. The third-order valence-corrected chi connectivity index (χ3v) is 7.10. The smallest absolute Gasteiger partial charge is 0.293 e. The lowest BCUT2D eigenvalue weighted by molar-refractivity contribution is -0.123. The summed E-state index contributed by atoms with van der Waals surface area (Å²) in [5, 5.41) is -0.279. The monoisotopic (exact) mass is 565 g/mol. The average Bonchev–Trinajstić information content (AvgIpc) is 3.11. The summed E-state index contributed by atoms with van der Waals surface area (Å²) in [6, 6.07) is 23.1. The molecule has 5 nitrogen and oxygen atoms in total. The van der Waals surface area contributed by atoms with E-state index in [1.807, 2.05) is 60.7 Å². The van der Waals surface area contributed by atoms with Crippen molar-refractivity contribution >= 4 is 44.9 Å². The molecule has 186 valence electrons. The van der Waals surface area contributed by atoms with Crippen LogP contribution in [0.4, 0.5) is 4.79 Å². The van der Waals surface area contributed by atoms with Crippen molar-refractivity contribution in [1.82, 2.24) is 4.90 Å². The first-order valence-electron chi connectivity index (χ1n) is 11.7. The summed E-state index contributed by atoms with van der Waals surface area (Å²) in [5.74, 6) is 1.12. The molecular weight excluding hydrogens is 538 g/mol. The SMILES string of the molecule is CC(C)(C)c1ccc(OCCOc2ccccc2/C=C2\SC(=O)N(Cc3ccc(Br)cc3)C2=O)cc1. The Balaban J connectivity index is 1.37. The van der Waals surface area contributed by atoms with Crippen LogP contribution in [0.1, 0.15) is 37.5 Å². The number of nitrogens with zero attached hydrogens (tertiary/aromatic N) is 1. The second-order valence-electron chi connectivity index (χ2n) is 9.40. The maximum absolute atomic E-state index is 13.0. The van der Waals surface area contributed by atoms with Gasteiger partial charge in [0.25, 0.3) is 11.1 Å². The van der Waals surface area contributed by atoms with Gasteiger partial charge in [0.2, 0.25) is 0 Å². The predicted molar refractivity (Wildman–Crippen MR) is 148 cm³/mol. The van der Waals surface area contributed by atoms with Crippen LogP contribution in [0.15, 0.2) is 82.2 Å². The Morgan fingerprint density at radius 3 is 2.25 bits per heavy atom. The van der Waals surface area contributed by atoms with Crippen molar-refractivity contribution in [3.05, 3.63) is 98.9 Å².